The molecule has 19 heavy (non-hydrogen) atoms. The van der Waals surface area contributed by atoms with Crippen LogP contribution in [0.5, 0.6) is 0 Å². The highest BCUT2D eigenvalue weighted by molar-refractivity contribution is 7.89. The molecule has 0 spiro atoms. The molecule has 0 aromatic carbocycles. The van der Waals surface area contributed by atoms with Crippen molar-refractivity contribution in [3.63, 3.8) is 0 Å². The molecule has 1 unspecified atom stereocenters. The van der Waals surface area contributed by atoms with Gasteiger partial charge in [0, 0.05) is 25.0 Å². The molecule has 1 rings (SSSR count). The molecule has 0 saturated heterocycles. The summed E-state index contributed by atoms with van der Waals surface area (Å²) in [5.74, 6) is 0.560. The number of hydrogen-bond donors (Lipinski definition) is 2. The molecule has 0 aliphatic carbocycles. The first-order chi connectivity index (χ1) is 8.76. The average molecular weight is 288 g/mol. The van der Waals surface area contributed by atoms with Crippen LogP contribution in [0.15, 0.2) is 17.2 Å². The van der Waals surface area contributed by atoms with Gasteiger partial charge in [-0.25, -0.2) is 13.1 Å². The van der Waals surface area contributed by atoms with E-state index < -0.39 is 10.0 Å². The van der Waals surface area contributed by atoms with Crippen LogP contribution in [0.3, 0.4) is 0 Å². The molecule has 0 aliphatic heterocycles. The first kappa shape index (κ1) is 16.2. The van der Waals surface area contributed by atoms with Crippen molar-refractivity contribution >= 4 is 10.0 Å². The van der Waals surface area contributed by atoms with E-state index in [2.05, 4.69) is 18.6 Å². The van der Waals surface area contributed by atoms with E-state index in [9.17, 15) is 8.42 Å². The van der Waals surface area contributed by atoms with Gasteiger partial charge in [-0.05, 0) is 31.7 Å². The fourth-order valence-electron chi connectivity index (χ4n) is 1.86. The molecule has 5 nitrogen and oxygen atoms in total. The highest BCUT2D eigenvalue weighted by Crippen LogP contribution is 2.15. The van der Waals surface area contributed by atoms with Gasteiger partial charge >= 0.3 is 0 Å². The van der Waals surface area contributed by atoms with Crippen LogP contribution in [0.2, 0.25) is 0 Å². The summed E-state index contributed by atoms with van der Waals surface area (Å²) in [6, 6.07) is 1.41. The quantitative estimate of drug-likeness (QED) is 0.801. The predicted octanol–water partition coefficient (Wildman–Crippen LogP) is 1.62. The normalized spacial score (nSPS) is 14.0. The molecule has 2 N–H and O–H groups in total. The van der Waals surface area contributed by atoms with Crippen LogP contribution in [-0.4, -0.2) is 24.1 Å². The number of aromatic nitrogens is 1. The van der Waals surface area contributed by atoms with Gasteiger partial charge in [-0.2, -0.15) is 0 Å². The van der Waals surface area contributed by atoms with Crippen molar-refractivity contribution < 1.29 is 13.5 Å². The number of sulfonamides is 1. The SMILES string of the molecule is CC(C)CCC(C)NS(=O)(=O)c1cc(CO)n(C)c1. The number of nitrogens with one attached hydrogen (secondary N) is 1. The van der Waals surface area contributed by atoms with Crippen LogP contribution < -0.4 is 4.72 Å². The van der Waals surface area contributed by atoms with Crippen molar-refractivity contribution in [2.45, 2.75) is 51.2 Å². The molecule has 0 fully saturated rings. The number of hydrogen-bond acceptors (Lipinski definition) is 3. The van der Waals surface area contributed by atoms with Crippen molar-refractivity contribution in [2.75, 3.05) is 0 Å². The Morgan fingerprint density at radius 3 is 2.42 bits per heavy atom. The van der Waals surface area contributed by atoms with E-state index in [-0.39, 0.29) is 17.5 Å². The molecule has 0 radical (unpaired) electrons. The lowest BCUT2D eigenvalue weighted by Crippen LogP contribution is -2.32. The molecule has 1 atom stereocenters. The summed E-state index contributed by atoms with van der Waals surface area (Å²) in [5, 5.41) is 9.09. The Morgan fingerprint density at radius 2 is 1.95 bits per heavy atom. The molecule has 0 aliphatic rings. The first-order valence-corrected chi connectivity index (χ1v) is 8.03. The van der Waals surface area contributed by atoms with Crippen LogP contribution in [0, 0.1) is 5.92 Å². The summed E-state index contributed by atoms with van der Waals surface area (Å²) in [4.78, 5) is 0.204. The summed E-state index contributed by atoms with van der Waals surface area (Å²) in [5.41, 5.74) is 0.579. The Morgan fingerprint density at radius 1 is 1.32 bits per heavy atom. The maximum atomic E-state index is 12.2. The van der Waals surface area contributed by atoms with Gasteiger partial charge in [-0.1, -0.05) is 13.8 Å². The fourth-order valence-corrected chi connectivity index (χ4v) is 3.23. The van der Waals surface area contributed by atoms with Gasteiger partial charge in [0.15, 0.2) is 0 Å². The highest BCUT2D eigenvalue weighted by Gasteiger charge is 2.19. The van der Waals surface area contributed by atoms with Crippen LogP contribution in [0.1, 0.15) is 39.3 Å². The lowest BCUT2D eigenvalue weighted by atomic mass is 10.1. The smallest absolute Gasteiger partial charge is 0.242 e. The first-order valence-electron chi connectivity index (χ1n) is 6.54. The van der Waals surface area contributed by atoms with Gasteiger partial charge in [0.2, 0.25) is 10.0 Å². The van der Waals surface area contributed by atoms with E-state index in [1.807, 2.05) is 6.92 Å². The zero-order valence-corrected chi connectivity index (χ0v) is 12.9. The molecule has 1 aromatic heterocycles. The summed E-state index contributed by atoms with van der Waals surface area (Å²) >= 11 is 0. The number of aryl methyl sites for hydroxylation is 1. The third-order valence-corrected chi connectivity index (χ3v) is 4.64. The minimum Gasteiger partial charge on any atom is -0.390 e. The average Bonchev–Trinajstić information content (AvgIpc) is 2.68. The Kier molecular flexibility index (Phi) is 5.58. The maximum Gasteiger partial charge on any atom is 0.242 e. The molecular formula is C13H24N2O3S. The standard InChI is InChI=1S/C13H24N2O3S/c1-10(2)5-6-11(3)14-19(17,18)13-7-12(9-16)15(4)8-13/h7-8,10-11,14,16H,5-6,9H2,1-4H3. The Balaban J connectivity index is 2.74. The second-order valence-electron chi connectivity index (χ2n) is 5.43. The van der Waals surface area contributed by atoms with Gasteiger partial charge in [0.25, 0.3) is 0 Å². The van der Waals surface area contributed by atoms with Crippen molar-refractivity contribution in [2.24, 2.45) is 13.0 Å². The molecule has 0 bridgehead atoms. The number of aliphatic hydroxyl groups is 1. The second-order valence-corrected chi connectivity index (χ2v) is 7.14. The third-order valence-electron chi connectivity index (χ3n) is 3.09. The maximum absolute atomic E-state index is 12.2. The number of rotatable bonds is 7. The molecule has 0 saturated carbocycles. The minimum atomic E-state index is -3.50. The summed E-state index contributed by atoms with van der Waals surface area (Å²) in [6.45, 7) is 5.93. The minimum absolute atomic E-state index is 0.0924. The number of aliphatic hydroxyl groups excluding tert-OH is 1. The monoisotopic (exact) mass is 288 g/mol. The molecule has 1 heterocycles. The van der Waals surface area contributed by atoms with Crippen molar-refractivity contribution in [1.29, 1.82) is 0 Å². The zero-order chi connectivity index (χ0) is 14.6. The van der Waals surface area contributed by atoms with E-state index >= 15 is 0 Å². The van der Waals surface area contributed by atoms with Gasteiger partial charge < -0.3 is 9.67 Å². The molecule has 110 valence electrons. The molecule has 6 heteroatoms. The second kappa shape index (κ2) is 6.54. The summed E-state index contributed by atoms with van der Waals surface area (Å²) in [6.07, 6.45) is 3.32. The van der Waals surface area contributed by atoms with E-state index in [1.165, 1.54) is 12.3 Å². The Bertz CT molecular complexity index is 506. The van der Waals surface area contributed by atoms with Crippen LogP contribution in [0.4, 0.5) is 0 Å². The van der Waals surface area contributed by atoms with Crippen LogP contribution in [-0.2, 0) is 23.7 Å². The molecule has 0 amide bonds. The van der Waals surface area contributed by atoms with Crippen LogP contribution >= 0.6 is 0 Å². The highest BCUT2D eigenvalue weighted by atomic mass is 32.2. The van der Waals surface area contributed by atoms with Crippen LogP contribution in [0.25, 0.3) is 0 Å². The summed E-state index contributed by atoms with van der Waals surface area (Å²) in [7, 11) is -1.79. The Hall–Kier alpha value is -0.850. The van der Waals surface area contributed by atoms with Gasteiger partial charge in [0.05, 0.1) is 11.5 Å². The zero-order valence-electron chi connectivity index (χ0n) is 12.0. The molecular weight excluding hydrogens is 264 g/mol. The topological polar surface area (TPSA) is 71.3 Å². The largest absolute Gasteiger partial charge is 0.390 e. The third kappa shape index (κ3) is 4.63. The Labute approximate surface area is 115 Å². The van der Waals surface area contributed by atoms with E-state index in [0.29, 0.717) is 11.6 Å². The van der Waals surface area contributed by atoms with Crippen molar-refractivity contribution in [3.05, 3.63) is 18.0 Å². The van der Waals surface area contributed by atoms with Crippen molar-refractivity contribution in [1.82, 2.24) is 9.29 Å². The van der Waals surface area contributed by atoms with Gasteiger partial charge in [0.1, 0.15) is 0 Å². The van der Waals surface area contributed by atoms with E-state index in [0.717, 1.165) is 12.8 Å². The predicted molar refractivity (Wildman–Crippen MR) is 75.2 cm³/mol. The van der Waals surface area contributed by atoms with Gasteiger partial charge in [-0.3, -0.25) is 0 Å². The van der Waals surface area contributed by atoms with Gasteiger partial charge in [-0.15, -0.1) is 0 Å². The lowest BCUT2D eigenvalue weighted by molar-refractivity contribution is 0.272. The van der Waals surface area contributed by atoms with Crippen molar-refractivity contribution in [3.8, 4) is 0 Å². The number of nitrogens with zero attached hydrogens (tertiary/aromatic N) is 1. The lowest BCUT2D eigenvalue weighted by Gasteiger charge is -2.14. The van der Waals surface area contributed by atoms with E-state index in [1.54, 1.807) is 11.6 Å². The van der Waals surface area contributed by atoms with E-state index in [4.69, 9.17) is 5.11 Å². The summed E-state index contributed by atoms with van der Waals surface area (Å²) < 4.78 is 28.6. The molecule has 1 aromatic rings. The fraction of sp³-hybridized carbons (Fsp3) is 0.692.